The molecule has 2 heterocycles. The zero-order valence-electron chi connectivity index (χ0n) is 9.04. The Morgan fingerprint density at radius 3 is 2.88 bits per heavy atom. The molecule has 1 aliphatic heterocycles. The van der Waals surface area contributed by atoms with Gasteiger partial charge in [0.25, 0.3) is 5.03 Å². The Bertz CT molecular complexity index is 392. The second-order valence-electron chi connectivity index (χ2n) is 4.06. The monoisotopic (exact) mass is 276 g/mol. The Labute approximate surface area is 107 Å². The molecule has 0 spiro atoms. The molecule has 7 heteroatoms. The molecule has 2 atom stereocenters. The van der Waals surface area contributed by atoms with Crippen molar-refractivity contribution in [2.24, 2.45) is 0 Å². The van der Waals surface area contributed by atoms with Crippen molar-refractivity contribution in [1.82, 2.24) is 9.29 Å². The second-order valence-corrected chi connectivity index (χ2v) is 5.93. The molecular formula is C10H13ClN2O3S. The summed E-state index contributed by atoms with van der Waals surface area (Å²) in [6, 6.07) is 3.21. The first-order valence-electron chi connectivity index (χ1n) is 5.16. The number of aromatic nitrogens is 1. The summed E-state index contributed by atoms with van der Waals surface area (Å²) in [7, 11) is 0. The van der Waals surface area contributed by atoms with E-state index < -0.39 is 17.0 Å². The van der Waals surface area contributed by atoms with E-state index in [1.165, 1.54) is 6.20 Å². The molecule has 1 saturated heterocycles. The van der Waals surface area contributed by atoms with Gasteiger partial charge in [-0.2, -0.15) is 0 Å². The number of pyridine rings is 1. The molecule has 0 bridgehead atoms. The van der Waals surface area contributed by atoms with Crippen molar-refractivity contribution in [2.75, 3.05) is 19.7 Å². The minimum absolute atomic E-state index is 0.181. The van der Waals surface area contributed by atoms with E-state index in [0.717, 1.165) is 0 Å². The van der Waals surface area contributed by atoms with Crippen LogP contribution < -0.4 is 0 Å². The largest absolute Gasteiger partial charge is 0.592 e. The van der Waals surface area contributed by atoms with Gasteiger partial charge in [0.15, 0.2) is 0 Å². The van der Waals surface area contributed by atoms with Crippen molar-refractivity contribution >= 4 is 23.0 Å². The molecule has 94 valence electrons. The first-order valence-corrected chi connectivity index (χ1v) is 6.64. The van der Waals surface area contributed by atoms with Gasteiger partial charge in [0, 0.05) is 12.6 Å². The topological polar surface area (TPSA) is 79.7 Å². The number of β-amino-alcohol motifs (C(OH)–C–C–N with tert-alkyl or cyclic N) is 1. The van der Waals surface area contributed by atoms with Crippen LogP contribution in [0.1, 0.15) is 6.42 Å². The molecule has 0 aliphatic carbocycles. The van der Waals surface area contributed by atoms with Gasteiger partial charge in [-0.1, -0.05) is 11.6 Å². The van der Waals surface area contributed by atoms with Crippen LogP contribution in [0, 0.1) is 0 Å². The molecule has 1 aliphatic rings. The highest BCUT2D eigenvalue weighted by atomic mass is 35.5. The standard InChI is InChI=1S/C10H13ClN2O3S/c11-8-1-2-9(12-5-8)17(16)13-4-3-10(15,6-13)7-14/h1-2,5,14-15H,3-4,6-7H2. The van der Waals surface area contributed by atoms with Gasteiger partial charge in [-0.15, -0.1) is 4.31 Å². The fourth-order valence-corrected chi connectivity index (χ4v) is 3.01. The Balaban J connectivity index is 2.06. The minimum Gasteiger partial charge on any atom is -0.592 e. The van der Waals surface area contributed by atoms with Gasteiger partial charge in [0.1, 0.15) is 17.0 Å². The Morgan fingerprint density at radius 1 is 1.59 bits per heavy atom. The maximum Gasteiger partial charge on any atom is 0.265 e. The van der Waals surface area contributed by atoms with Crippen LogP contribution in [0.25, 0.3) is 0 Å². The van der Waals surface area contributed by atoms with Gasteiger partial charge in [-0.25, -0.2) is 4.98 Å². The van der Waals surface area contributed by atoms with Gasteiger partial charge in [0.2, 0.25) is 0 Å². The summed E-state index contributed by atoms with van der Waals surface area (Å²) in [6.45, 7) is 0.323. The Morgan fingerprint density at radius 2 is 2.35 bits per heavy atom. The summed E-state index contributed by atoms with van der Waals surface area (Å²) in [5.41, 5.74) is -1.15. The lowest BCUT2D eigenvalue weighted by Crippen LogP contribution is -2.38. The molecule has 2 unspecified atom stereocenters. The van der Waals surface area contributed by atoms with Crippen LogP contribution in [0.5, 0.6) is 0 Å². The fourth-order valence-electron chi connectivity index (χ4n) is 1.69. The Hall–Kier alpha value is -0.370. The lowest BCUT2D eigenvalue weighted by molar-refractivity contribution is -0.000737. The number of rotatable bonds is 3. The van der Waals surface area contributed by atoms with E-state index in [4.69, 9.17) is 16.7 Å². The molecule has 1 fully saturated rings. The molecule has 17 heavy (non-hydrogen) atoms. The molecule has 1 aromatic rings. The molecular weight excluding hydrogens is 264 g/mol. The Kier molecular flexibility index (Phi) is 3.92. The quantitative estimate of drug-likeness (QED) is 0.771. The molecule has 0 amide bonds. The number of aliphatic hydroxyl groups is 2. The number of hydrogen-bond acceptors (Lipinski definition) is 5. The van der Waals surface area contributed by atoms with Crippen molar-refractivity contribution in [2.45, 2.75) is 17.0 Å². The number of halogens is 1. The lowest BCUT2D eigenvalue weighted by atomic mass is 10.1. The van der Waals surface area contributed by atoms with Gasteiger partial charge in [0.05, 0.1) is 24.4 Å². The second kappa shape index (κ2) is 5.09. The summed E-state index contributed by atoms with van der Waals surface area (Å²) in [4.78, 5) is 3.98. The molecule has 0 saturated carbocycles. The predicted molar refractivity (Wildman–Crippen MR) is 63.9 cm³/mol. The third-order valence-electron chi connectivity index (χ3n) is 2.71. The van der Waals surface area contributed by atoms with Crippen LogP contribution in [0.2, 0.25) is 5.02 Å². The zero-order valence-corrected chi connectivity index (χ0v) is 10.6. The van der Waals surface area contributed by atoms with Crippen molar-refractivity contribution in [3.05, 3.63) is 23.4 Å². The summed E-state index contributed by atoms with van der Waals surface area (Å²) < 4.78 is 13.7. The van der Waals surface area contributed by atoms with Gasteiger partial charge in [-0.05, 0) is 12.5 Å². The minimum atomic E-state index is -1.42. The molecule has 0 aromatic carbocycles. The number of nitrogens with zero attached hydrogens (tertiary/aromatic N) is 2. The molecule has 1 aromatic heterocycles. The molecule has 0 radical (unpaired) electrons. The van der Waals surface area contributed by atoms with Crippen molar-refractivity contribution in [3.63, 3.8) is 0 Å². The van der Waals surface area contributed by atoms with E-state index >= 15 is 0 Å². The van der Waals surface area contributed by atoms with Crippen molar-refractivity contribution in [1.29, 1.82) is 0 Å². The maximum absolute atomic E-state index is 12.1. The maximum atomic E-state index is 12.1. The normalized spacial score (nSPS) is 27.3. The van der Waals surface area contributed by atoms with Crippen LogP contribution in [0.15, 0.2) is 23.4 Å². The first kappa shape index (κ1) is 13.1. The van der Waals surface area contributed by atoms with Crippen LogP contribution >= 0.6 is 11.6 Å². The third kappa shape index (κ3) is 2.90. The molecule has 5 nitrogen and oxygen atoms in total. The van der Waals surface area contributed by atoms with Crippen molar-refractivity contribution in [3.8, 4) is 0 Å². The van der Waals surface area contributed by atoms with Gasteiger partial charge < -0.3 is 14.8 Å². The summed E-state index contributed by atoms with van der Waals surface area (Å²) in [5.74, 6) is 0. The van der Waals surface area contributed by atoms with Crippen LogP contribution in [-0.2, 0) is 11.4 Å². The van der Waals surface area contributed by atoms with Crippen molar-refractivity contribution < 1.29 is 14.8 Å². The fraction of sp³-hybridized carbons (Fsp3) is 0.500. The van der Waals surface area contributed by atoms with Crippen LogP contribution in [0.4, 0.5) is 0 Å². The molecule has 2 rings (SSSR count). The van der Waals surface area contributed by atoms with Crippen LogP contribution in [-0.4, -0.2) is 49.4 Å². The summed E-state index contributed by atoms with van der Waals surface area (Å²) in [6.07, 6.45) is 1.84. The molecule has 2 N–H and O–H groups in total. The summed E-state index contributed by atoms with van der Waals surface area (Å²) >= 11 is 4.27. The SMILES string of the molecule is [O-][S+](c1ccc(Cl)cn1)N1CCC(O)(CO)C1. The first-order chi connectivity index (χ1) is 8.04. The van der Waals surface area contributed by atoms with Gasteiger partial charge in [-0.3, -0.25) is 0 Å². The van der Waals surface area contributed by atoms with E-state index in [9.17, 15) is 9.66 Å². The average molecular weight is 277 g/mol. The predicted octanol–water partition coefficient (Wildman–Crippen LogP) is 0.187. The van der Waals surface area contributed by atoms with E-state index in [1.54, 1.807) is 16.4 Å². The zero-order chi connectivity index (χ0) is 12.5. The lowest BCUT2D eigenvalue weighted by Gasteiger charge is -2.21. The van der Waals surface area contributed by atoms with E-state index in [-0.39, 0.29) is 13.2 Å². The third-order valence-corrected chi connectivity index (χ3v) is 4.31. The highest BCUT2D eigenvalue weighted by Gasteiger charge is 2.41. The number of aliphatic hydroxyl groups excluding tert-OH is 1. The van der Waals surface area contributed by atoms with Crippen LogP contribution in [0.3, 0.4) is 0 Å². The average Bonchev–Trinajstić information content (AvgIpc) is 2.73. The van der Waals surface area contributed by atoms with E-state index in [2.05, 4.69) is 4.98 Å². The smallest absolute Gasteiger partial charge is 0.265 e. The van der Waals surface area contributed by atoms with E-state index in [1.807, 2.05) is 0 Å². The number of hydrogen-bond donors (Lipinski definition) is 2. The highest BCUT2D eigenvalue weighted by Crippen LogP contribution is 2.26. The van der Waals surface area contributed by atoms with E-state index in [0.29, 0.717) is 23.0 Å². The highest BCUT2D eigenvalue weighted by molar-refractivity contribution is 7.89. The summed E-state index contributed by atoms with van der Waals surface area (Å²) in [5, 5.41) is 19.8. The van der Waals surface area contributed by atoms with Gasteiger partial charge >= 0.3 is 0 Å².